The van der Waals surface area contributed by atoms with Crippen LogP contribution in [0.25, 0.3) is 0 Å². The number of rotatable bonds is 6. The van der Waals surface area contributed by atoms with E-state index in [-0.39, 0.29) is 5.75 Å². The lowest BCUT2D eigenvalue weighted by atomic mass is 10.1. The molecule has 2 aromatic carbocycles. The van der Waals surface area contributed by atoms with Crippen molar-refractivity contribution in [3.63, 3.8) is 0 Å². The van der Waals surface area contributed by atoms with Crippen molar-refractivity contribution in [1.29, 1.82) is 0 Å². The minimum Gasteiger partial charge on any atom is -0.504 e. The van der Waals surface area contributed by atoms with Crippen molar-refractivity contribution < 1.29 is 9.84 Å². The summed E-state index contributed by atoms with van der Waals surface area (Å²) in [4.78, 5) is 0. The van der Waals surface area contributed by atoms with Crippen molar-refractivity contribution in [1.82, 2.24) is 5.32 Å². The number of hydrogen-bond donors (Lipinski definition) is 2. The average Bonchev–Trinajstić information content (AvgIpc) is 2.48. The summed E-state index contributed by atoms with van der Waals surface area (Å²) < 4.78 is 6.03. The number of ether oxygens (including phenoxy) is 1. The van der Waals surface area contributed by atoms with E-state index in [1.807, 2.05) is 0 Å². The zero-order valence-corrected chi connectivity index (χ0v) is 13.9. The molecule has 3 nitrogen and oxygen atoms in total. The van der Waals surface area contributed by atoms with Gasteiger partial charge in [-0.2, -0.15) is 0 Å². The molecule has 0 spiro atoms. The first-order valence-electron chi connectivity index (χ1n) is 6.92. The first-order valence-corrected chi connectivity index (χ1v) is 7.71. The van der Waals surface area contributed by atoms with Gasteiger partial charge in [0.15, 0.2) is 11.5 Å². The van der Waals surface area contributed by atoms with E-state index in [9.17, 15) is 5.11 Å². The van der Waals surface area contributed by atoms with E-state index in [0.717, 1.165) is 29.5 Å². The van der Waals surface area contributed by atoms with E-state index < -0.39 is 0 Å². The lowest BCUT2D eigenvalue weighted by molar-refractivity contribution is 0.372. The average molecular weight is 350 g/mol. The topological polar surface area (TPSA) is 41.5 Å². The smallest absolute Gasteiger partial charge is 0.161 e. The molecule has 2 N–H and O–H groups in total. The molecule has 4 heteroatoms. The molecule has 21 heavy (non-hydrogen) atoms. The zero-order valence-electron chi connectivity index (χ0n) is 12.3. The molecule has 0 aliphatic carbocycles. The van der Waals surface area contributed by atoms with Crippen LogP contribution in [0.3, 0.4) is 0 Å². The molecule has 0 amide bonds. The lowest BCUT2D eigenvalue weighted by Crippen LogP contribution is -2.16. The quantitative estimate of drug-likeness (QED) is 0.779. The Morgan fingerprint density at radius 1 is 1.19 bits per heavy atom. The molecule has 0 heterocycles. The Hall–Kier alpha value is -1.52. The summed E-state index contributed by atoms with van der Waals surface area (Å²) in [5.74, 6) is 0.660. The number of benzene rings is 2. The number of hydrogen-bond acceptors (Lipinski definition) is 3. The van der Waals surface area contributed by atoms with Crippen molar-refractivity contribution in [2.24, 2.45) is 0 Å². The van der Waals surface area contributed by atoms with E-state index in [0.29, 0.717) is 5.75 Å². The Bertz CT molecular complexity index is 596. The van der Waals surface area contributed by atoms with E-state index in [1.165, 1.54) is 11.1 Å². The van der Waals surface area contributed by atoms with Crippen LogP contribution in [0.5, 0.6) is 11.5 Å². The number of aryl methyl sites for hydroxylation is 1. The van der Waals surface area contributed by atoms with E-state index in [4.69, 9.17) is 4.74 Å². The normalized spacial score (nSPS) is 10.6. The number of phenols is 1. The Labute approximate surface area is 134 Å². The van der Waals surface area contributed by atoms with Gasteiger partial charge in [-0.25, -0.2) is 0 Å². The lowest BCUT2D eigenvalue weighted by Gasteiger charge is -2.10. The molecule has 112 valence electrons. The number of halogens is 1. The van der Waals surface area contributed by atoms with Gasteiger partial charge < -0.3 is 15.2 Å². The summed E-state index contributed by atoms with van der Waals surface area (Å²) >= 11 is 3.51. The molecular weight excluding hydrogens is 330 g/mol. The van der Waals surface area contributed by atoms with Gasteiger partial charge in [-0.1, -0.05) is 45.8 Å². The van der Waals surface area contributed by atoms with Crippen LogP contribution in [0.2, 0.25) is 0 Å². The Balaban J connectivity index is 1.86. The molecule has 0 fully saturated rings. The highest BCUT2D eigenvalue weighted by molar-refractivity contribution is 9.10. The molecule has 0 bridgehead atoms. The van der Waals surface area contributed by atoms with Crippen molar-refractivity contribution in [2.75, 3.05) is 13.7 Å². The van der Waals surface area contributed by atoms with Gasteiger partial charge in [0.05, 0.1) is 7.11 Å². The Kier molecular flexibility index (Phi) is 5.65. The van der Waals surface area contributed by atoms with Crippen molar-refractivity contribution >= 4 is 15.9 Å². The van der Waals surface area contributed by atoms with Crippen LogP contribution in [0.15, 0.2) is 40.9 Å². The third kappa shape index (κ3) is 4.48. The van der Waals surface area contributed by atoms with Gasteiger partial charge in [0.1, 0.15) is 0 Å². The van der Waals surface area contributed by atoms with Crippen LogP contribution >= 0.6 is 15.9 Å². The minimum atomic E-state index is 0.175. The second kappa shape index (κ2) is 7.48. The van der Waals surface area contributed by atoms with Gasteiger partial charge in [0, 0.05) is 11.0 Å². The van der Waals surface area contributed by atoms with Crippen LogP contribution < -0.4 is 10.1 Å². The van der Waals surface area contributed by atoms with Gasteiger partial charge in [-0.15, -0.1) is 0 Å². The third-order valence-corrected chi connectivity index (χ3v) is 4.11. The molecule has 0 aliphatic heterocycles. The van der Waals surface area contributed by atoms with Crippen molar-refractivity contribution in [3.05, 3.63) is 57.6 Å². The van der Waals surface area contributed by atoms with Crippen LogP contribution in [0.1, 0.15) is 16.7 Å². The second-order valence-corrected chi connectivity index (χ2v) is 5.88. The highest BCUT2D eigenvalue weighted by Gasteiger charge is 2.07. The largest absolute Gasteiger partial charge is 0.504 e. The van der Waals surface area contributed by atoms with E-state index >= 15 is 0 Å². The minimum absolute atomic E-state index is 0.175. The molecule has 0 saturated carbocycles. The van der Waals surface area contributed by atoms with E-state index in [2.05, 4.69) is 52.4 Å². The Morgan fingerprint density at radius 3 is 2.57 bits per heavy atom. The first kappa shape index (κ1) is 15.9. The van der Waals surface area contributed by atoms with Crippen molar-refractivity contribution in [2.45, 2.75) is 19.9 Å². The van der Waals surface area contributed by atoms with Crippen LogP contribution in [0, 0.1) is 6.92 Å². The zero-order chi connectivity index (χ0) is 15.2. The summed E-state index contributed by atoms with van der Waals surface area (Å²) in [6, 6.07) is 12.1. The second-order valence-electron chi connectivity index (χ2n) is 5.03. The molecule has 0 atom stereocenters. The molecule has 0 saturated heterocycles. The summed E-state index contributed by atoms with van der Waals surface area (Å²) in [7, 11) is 1.55. The van der Waals surface area contributed by atoms with Gasteiger partial charge in [-0.05, 0) is 43.1 Å². The fourth-order valence-corrected chi connectivity index (χ4v) is 2.62. The predicted molar refractivity (Wildman–Crippen MR) is 88.9 cm³/mol. The standard InChI is InChI=1S/C17H20BrNO2/c1-12-3-5-13(6-4-12)11-19-8-7-14-9-16(20)17(21-2)10-15(14)18/h3-6,9-10,19-20H,7-8,11H2,1-2H3. The van der Waals surface area contributed by atoms with Gasteiger partial charge in [0.2, 0.25) is 0 Å². The maximum absolute atomic E-state index is 9.81. The molecule has 0 unspecified atom stereocenters. The number of phenolic OH excluding ortho intramolecular Hbond substituents is 1. The Morgan fingerprint density at radius 2 is 1.90 bits per heavy atom. The molecule has 2 rings (SSSR count). The summed E-state index contributed by atoms with van der Waals surface area (Å²) in [5, 5.41) is 13.2. The first-order chi connectivity index (χ1) is 10.1. The molecular formula is C17H20BrNO2. The number of methoxy groups -OCH3 is 1. The summed E-state index contributed by atoms with van der Waals surface area (Å²) in [6.07, 6.45) is 0.837. The molecule has 0 aliphatic rings. The molecule has 0 radical (unpaired) electrons. The van der Waals surface area contributed by atoms with Crippen molar-refractivity contribution in [3.8, 4) is 11.5 Å². The van der Waals surface area contributed by atoms with Crippen LogP contribution in [0.4, 0.5) is 0 Å². The maximum Gasteiger partial charge on any atom is 0.161 e. The number of nitrogens with one attached hydrogen (secondary N) is 1. The van der Waals surface area contributed by atoms with Gasteiger partial charge in [-0.3, -0.25) is 0 Å². The summed E-state index contributed by atoms with van der Waals surface area (Å²) in [6.45, 7) is 3.78. The van der Waals surface area contributed by atoms with Crippen LogP contribution in [-0.4, -0.2) is 18.8 Å². The monoisotopic (exact) mass is 349 g/mol. The number of aromatic hydroxyl groups is 1. The maximum atomic E-state index is 9.81. The van der Waals surface area contributed by atoms with Crippen LogP contribution in [-0.2, 0) is 13.0 Å². The fourth-order valence-electron chi connectivity index (χ4n) is 2.10. The van der Waals surface area contributed by atoms with Gasteiger partial charge in [0.25, 0.3) is 0 Å². The van der Waals surface area contributed by atoms with E-state index in [1.54, 1.807) is 19.2 Å². The molecule has 0 aromatic heterocycles. The third-order valence-electron chi connectivity index (χ3n) is 3.37. The predicted octanol–water partition coefficient (Wildman–Crippen LogP) is 3.80. The fraction of sp³-hybridized carbons (Fsp3) is 0.294. The highest BCUT2D eigenvalue weighted by atomic mass is 79.9. The van der Waals surface area contributed by atoms with Gasteiger partial charge >= 0.3 is 0 Å². The highest BCUT2D eigenvalue weighted by Crippen LogP contribution is 2.32. The summed E-state index contributed by atoms with van der Waals surface area (Å²) in [5.41, 5.74) is 3.61. The molecule has 2 aromatic rings. The SMILES string of the molecule is COc1cc(Br)c(CCNCc2ccc(C)cc2)cc1O.